The fourth-order valence-electron chi connectivity index (χ4n) is 3.90. The van der Waals surface area contributed by atoms with E-state index in [2.05, 4.69) is 16.0 Å². The van der Waals surface area contributed by atoms with Gasteiger partial charge in [0.1, 0.15) is 5.69 Å². The Bertz CT molecular complexity index is 1670. The summed E-state index contributed by atoms with van der Waals surface area (Å²) in [7, 11) is 1.37. The normalized spacial score (nSPS) is 10.8. The Labute approximate surface area is 199 Å². The van der Waals surface area contributed by atoms with E-state index in [1.165, 1.54) is 29.9 Å². The fraction of sp³-hybridized carbons (Fsp3) is 0.0741. The lowest BCUT2D eigenvalue weighted by atomic mass is 10.0. The molecule has 3 heterocycles. The number of aryl methyl sites for hydroxylation is 1. The van der Waals surface area contributed by atoms with Crippen molar-refractivity contribution in [3.05, 3.63) is 100 Å². The van der Waals surface area contributed by atoms with Crippen LogP contribution < -0.4 is 10.3 Å². The van der Waals surface area contributed by atoms with Crippen molar-refractivity contribution in [3.63, 3.8) is 0 Å². The van der Waals surface area contributed by atoms with Gasteiger partial charge in [-0.25, -0.2) is 9.37 Å². The largest absolute Gasteiger partial charge is 0.494 e. The highest BCUT2D eigenvalue weighted by Gasteiger charge is 2.20. The summed E-state index contributed by atoms with van der Waals surface area (Å²) in [6.07, 6.45) is 3.27. The maximum atomic E-state index is 14.6. The van der Waals surface area contributed by atoms with Crippen LogP contribution in [0.4, 0.5) is 4.39 Å². The van der Waals surface area contributed by atoms with Crippen molar-refractivity contribution in [2.45, 2.75) is 6.92 Å². The third kappa shape index (κ3) is 3.89. The molecule has 8 heteroatoms. The molecule has 0 amide bonds. The van der Waals surface area contributed by atoms with Gasteiger partial charge in [0.25, 0.3) is 5.56 Å². The minimum absolute atomic E-state index is 0.0517. The van der Waals surface area contributed by atoms with Gasteiger partial charge in [-0.3, -0.25) is 19.3 Å². The number of nitrogens with zero attached hydrogens (tertiary/aromatic N) is 5. The number of fused-ring (bicyclic) bond motifs is 1. The second kappa shape index (κ2) is 8.80. The van der Waals surface area contributed by atoms with E-state index in [0.717, 1.165) is 5.69 Å². The van der Waals surface area contributed by atoms with Crippen molar-refractivity contribution >= 4 is 10.9 Å². The second-order valence-corrected chi connectivity index (χ2v) is 7.83. The minimum Gasteiger partial charge on any atom is -0.494 e. The first-order valence-corrected chi connectivity index (χ1v) is 10.7. The summed E-state index contributed by atoms with van der Waals surface area (Å²) in [5.74, 6) is -0.337. The molecule has 0 radical (unpaired) electrons. The summed E-state index contributed by atoms with van der Waals surface area (Å²) in [4.78, 5) is 27.5. The number of ether oxygens (including phenoxy) is 1. The van der Waals surface area contributed by atoms with E-state index in [4.69, 9.17) is 9.72 Å². The van der Waals surface area contributed by atoms with Crippen LogP contribution in [0, 0.1) is 24.1 Å². The Kier molecular flexibility index (Phi) is 5.51. The number of hydrogen-bond acceptors (Lipinski definition) is 6. The van der Waals surface area contributed by atoms with E-state index in [1.54, 1.807) is 42.7 Å². The van der Waals surface area contributed by atoms with E-state index < -0.39 is 11.4 Å². The molecule has 0 saturated heterocycles. The van der Waals surface area contributed by atoms with Crippen molar-refractivity contribution in [1.29, 1.82) is 5.26 Å². The lowest BCUT2D eigenvalue weighted by molar-refractivity contribution is 0.386. The quantitative estimate of drug-likeness (QED) is 0.379. The number of benzene rings is 2. The molecule has 170 valence electrons. The van der Waals surface area contributed by atoms with Crippen LogP contribution in [-0.4, -0.2) is 26.6 Å². The average Bonchev–Trinajstić information content (AvgIpc) is 2.89. The first-order chi connectivity index (χ1) is 17.0. The molecule has 0 bridgehead atoms. The Morgan fingerprint density at radius 3 is 2.57 bits per heavy atom. The zero-order chi connectivity index (χ0) is 24.5. The van der Waals surface area contributed by atoms with Gasteiger partial charge in [-0.05, 0) is 49.4 Å². The van der Waals surface area contributed by atoms with Crippen LogP contribution in [0.15, 0.2) is 77.9 Å². The molecule has 0 saturated carbocycles. The maximum Gasteiger partial charge on any atom is 0.266 e. The Morgan fingerprint density at radius 1 is 1.06 bits per heavy atom. The Balaban J connectivity index is 1.91. The number of methoxy groups -OCH3 is 1. The van der Waals surface area contributed by atoms with Crippen molar-refractivity contribution in [1.82, 2.24) is 19.5 Å². The number of aromatic nitrogens is 4. The standard InChI is InChI=1S/C27H18FN5O2/c1-16-6-7-18(15-31-16)20-11-17(14-29)12-21-25(20)32-26(23-5-3-4-10-30-23)33(27(21)34)19-8-9-24(35-2)22(28)13-19/h3-13,15H,1-2H3. The van der Waals surface area contributed by atoms with Gasteiger partial charge in [0.15, 0.2) is 17.4 Å². The molecular formula is C27H18FN5O2. The molecule has 5 rings (SSSR count). The topological polar surface area (TPSA) is 93.7 Å². The number of rotatable bonds is 4. The number of pyridine rings is 2. The number of halogens is 1. The Hall–Kier alpha value is -4.90. The lowest BCUT2D eigenvalue weighted by Gasteiger charge is -2.16. The molecule has 0 fully saturated rings. The van der Waals surface area contributed by atoms with Gasteiger partial charge in [-0.2, -0.15) is 5.26 Å². The van der Waals surface area contributed by atoms with Gasteiger partial charge < -0.3 is 4.74 Å². The van der Waals surface area contributed by atoms with E-state index in [1.807, 2.05) is 19.1 Å². The van der Waals surface area contributed by atoms with Gasteiger partial charge in [0.05, 0.1) is 35.3 Å². The zero-order valence-corrected chi connectivity index (χ0v) is 18.9. The highest BCUT2D eigenvalue weighted by Crippen LogP contribution is 2.30. The molecule has 0 N–H and O–H groups in total. The van der Waals surface area contributed by atoms with E-state index in [-0.39, 0.29) is 22.6 Å². The summed E-state index contributed by atoms with van der Waals surface area (Å²) >= 11 is 0. The minimum atomic E-state index is -0.624. The number of hydrogen-bond donors (Lipinski definition) is 0. The third-order valence-corrected chi connectivity index (χ3v) is 5.61. The molecule has 3 aromatic heterocycles. The van der Waals surface area contributed by atoms with Gasteiger partial charge in [-0.1, -0.05) is 12.1 Å². The van der Waals surface area contributed by atoms with Crippen LogP contribution in [-0.2, 0) is 0 Å². The molecule has 0 aliphatic rings. The summed E-state index contributed by atoms with van der Waals surface area (Å²) in [6.45, 7) is 1.87. The van der Waals surface area contributed by atoms with Gasteiger partial charge in [0.2, 0.25) is 0 Å². The summed E-state index contributed by atoms with van der Waals surface area (Å²) in [6, 6.07) is 18.5. The molecule has 35 heavy (non-hydrogen) atoms. The van der Waals surface area contributed by atoms with Gasteiger partial charge in [0, 0.05) is 35.3 Å². The van der Waals surface area contributed by atoms with Crippen LogP contribution in [0.2, 0.25) is 0 Å². The average molecular weight is 463 g/mol. The first-order valence-electron chi connectivity index (χ1n) is 10.7. The van der Waals surface area contributed by atoms with Crippen LogP contribution in [0.3, 0.4) is 0 Å². The lowest BCUT2D eigenvalue weighted by Crippen LogP contribution is -2.23. The predicted molar refractivity (Wildman–Crippen MR) is 130 cm³/mol. The Morgan fingerprint density at radius 2 is 1.91 bits per heavy atom. The van der Waals surface area contributed by atoms with Crippen LogP contribution >= 0.6 is 0 Å². The molecule has 0 aliphatic heterocycles. The van der Waals surface area contributed by atoms with Crippen molar-refractivity contribution in [3.8, 4) is 40.2 Å². The molecule has 0 aliphatic carbocycles. The SMILES string of the molecule is COc1ccc(-n2c(-c3ccccn3)nc3c(-c4ccc(C)nc4)cc(C#N)cc3c2=O)cc1F. The smallest absolute Gasteiger partial charge is 0.266 e. The van der Waals surface area contributed by atoms with E-state index >= 15 is 0 Å². The third-order valence-electron chi connectivity index (χ3n) is 5.61. The molecular weight excluding hydrogens is 445 g/mol. The van der Waals surface area contributed by atoms with Crippen LogP contribution in [0.25, 0.3) is 39.2 Å². The van der Waals surface area contributed by atoms with Gasteiger partial charge >= 0.3 is 0 Å². The van der Waals surface area contributed by atoms with Crippen molar-refractivity contribution < 1.29 is 9.13 Å². The van der Waals surface area contributed by atoms with Gasteiger partial charge in [-0.15, -0.1) is 0 Å². The summed E-state index contributed by atoms with van der Waals surface area (Å²) < 4.78 is 20.9. The fourth-order valence-corrected chi connectivity index (χ4v) is 3.90. The van der Waals surface area contributed by atoms with E-state index in [9.17, 15) is 14.4 Å². The summed E-state index contributed by atoms with van der Waals surface area (Å²) in [5.41, 5.74) is 3.05. The molecule has 0 atom stereocenters. The monoisotopic (exact) mass is 463 g/mol. The van der Waals surface area contributed by atoms with Crippen molar-refractivity contribution in [2.75, 3.05) is 7.11 Å². The summed E-state index contributed by atoms with van der Waals surface area (Å²) in [5, 5.41) is 9.87. The molecule has 7 nitrogen and oxygen atoms in total. The maximum absolute atomic E-state index is 14.6. The van der Waals surface area contributed by atoms with E-state index in [0.29, 0.717) is 27.9 Å². The van der Waals surface area contributed by atoms with Crippen LogP contribution in [0.5, 0.6) is 5.75 Å². The second-order valence-electron chi connectivity index (χ2n) is 7.83. The molecule has 0 unspecified atom stereocenters. The predicted octanol–water partition coefficient (Wildman–Crippen LogP) is 4.84. The van der Waals surface area contributed by atoms with Crippen molar-refractivity contribution in [2.24, 2.45) is 0 Å². The molecule has 5 aromatic rings. The highest BCUT2D eigenvalue weighted by atomic mass is 19.1. The number of nitriles is 1. The van der Waals surface area contributed by atoms with Crippen LogP contribution in [0.1, 0.15) is 11.3 Å². The molecule has 0 spiro atoms. The molecule has 2 aromatic carbocycles. The highest BCUT2D eigenvalue weighted by molar-refractivity contribution is 5.95. The first kappa shape index (κ1) is 21.9. The zero-order valence-electron chi connectivity index (χ0n) is 18.9.